The zero-order valence-electron chi connectivity index (χ0n) is 15.2. The first-order chi connectivity index (χ1) is 12.7. The second-order valence-corrected chi connectivity index (χ2v) is 8.19. The minimum Gasteiger partial charge on any atom is -0.355 e. The molecular weight excluding hydrogens is 340 g/mol. The van der Waals surface area contributed by atoms with Gasteiger partial charge in [-0.1, -0.05) is 18.2 Å². The molecule has 1 N–H and O–H groups in total. The Hall–Kier alpha value is -2.40. The predicted octanol–water partition coefficient (Wildman–Crippen LogP) is 5.45. The molecule has 0 bridgehead atoms. The fourth-order valence-corrected chi connectivity index (χ4v) is 5.18. The maximum atomic E-state index is 4.78. The zero-order chi connectivity index (χ0) is 17.7. The van der Waals surface area contributed by atoms with Crippen LogP contribution in [0.3, 0.4) is 0 Å². The second kappa shape index (κ2) is 6.09. The summed E-state index contributed by atoms with van der Waals surface area (Å²) in [5, 5.41) is 1.34. The van der Waals surface area contributed by atoms with Crippen LogP contribution in [0.25, 0.3) is 31.7 Å². The Bertz CT molecular complexity index is 1100. The summed E-state index contributed by atoms with van der Waals surface area (Å²) >= 11 is 1.84. The van der Waals surface area contributed by atoms with Crippen LogP contribution in [0.15, 0.2) is 30.3 Å². The zero-order valence-corrected chi connectivity index (χ0v) is 16.0. The van der Waals surface area contributed by atoms with Crippen molar-refractivity contribution in [2.45, 2.75) is 33.1 Å². The Labute approximate surface area is 156 Å². The van der Waals surface area contributed by atoms with Crippen molar-refractivity contribution in [1.29, 1.82) is 0 Å². The van der Waals surface area contributed by atoms with Crippen LogP contribution in [-0.2, 0) is 0 Å². The number of piperidine rings is 1. The molecule has 5 rings (SSSR count). The summed E-state index contributed by atoms with van der Waals surface area (Å²) in [6, 6.07) is 10.8. The highest BCUT2D eigenvalue weighted by Gasteiger charge is 2.20. The highest BCUT2D eigenvalue weighted by atomic mass is 32.1. The van der Waals surface area contributed by atoms with Crippen molar-refractivity contribution in [3.63, 3.8) is 0 Å². The number of aryl methyl sites for hydroxylation is 2. The number of aromatic nitrogens is 3. The Kier molecular flexibility index (Phi) is 3.71. The summed E-state index contributed by atoms with van der Waals surface area (Å²) in [4.78, 5) is 16.8. The summed E-state index contributed by atoms with van der Waals surface area (Å²) in [6.07, 6.45) is 3.81. The van der Waals surface area contributed by atoms with Gasteiger partial charge in [0.2, 0.25) is 0 Å². The molecule has 0 saturated carbocycles. The third kappa shape index (κ3) is 2.50. The van der Waals surface area contributed by atoms with E-state index in [1.165, 1.54) is 39.8 Å². The van der Waals surface area contributed by atoms with E-state index in [4.69, 9.17) is 9.97 Å². The molecule has 4 aromatic rings. The Morgan fingerprint density at radius 1 is 1.04 bits per heavy atom. The third-order valence-electron chi connectivity index (χ3n) is 5.31. The van der Waals surface area contributed by atoms with Crippen molar-refractivity contribution in [1.82, 2.24) is 15.0 Å². The number of rotatable bonds is 2. The van der Waals surface area contributed by atoms with E-state index in [1.54, 1.807) is 0 Å². The smallest absolute Gasteiger partial charge is 0.156 e. The van der Waals surface area contributed by atoms with Gasteiger partial charge in [-0.15, -0.1) is 11.3 Å². The van der Waals surface area contributed by atoms with E-state index in [0.717, 1.165) is 41.5 Å². The molecule has 3 aromatic heterocycles. The number of anilines is 1. The standard InChI is InChI=1S/C21H22N4S/c1-13-15-8-4-5-9-18(15)26-20(13)17-12-16-19(24-17)21(23-14(2)22-16)25-10-6-3-7-11-25/h4-5,8-9,12,24H,3,6-7,10-11H2,1-2H3. The highest BCUT2D eigenvalue weighted by molar-refractivity contribution is 7.22. The molecule has 1 aliphatic heterocycles. The summed E-state index contributed by atoms with van der Waals surface area (Å²) in [5.41, 5.74) is 4.58. The lowest BCUT2D eigenvalue weighted by Crippen LogP contribution is -2.30. The summed E-state index contributed by atoms with van der Waals surface area (Å²) < 4.78 is 1.33. The molecule has 1 aliphatic rings. The molecule has 0 aliphatic carbocycles. The van der Waals surface area contributed by atoms with Gasteiger partial charge in [-0.05, 0) is 56.2 Å². The quantitative estimate of drug-likeness (QED) is 0.516. The van der Waals surface area contributed by atoms with Crippen molar-refractivity contribution >= 4 is 38.3 Å². The lowest BCUT2D eigenvalue weighted by molar-refractivity contribution is 0.574. The Morgan fingerprint density at radius 2 is 1.85 bits per heavy atom. The number of H-pyrrole nitrogens is 1. The monoisotopic (exact) mass is 362 g/mol. The van der Waals surface area contributed by atoms with Crippen LogP contribution >= 0.6 is 11.3 Å². The van der Waals surface area contributed by atoms with Gasteiger partial charge in [0.15, 0.2) is 5.82 Å². The van der Waals surface area contributed by atoms with E-state index in [0.29, 0.717) is 0 Å². The number of hydrogen-bond acceptors (Lipinski definition) is 4. The molecule has 4 heterocycles. The number of aromatic amines is 1. The van der Waals surface area contributed by atoms with Gasteiger partial charge in [0.1, 0.15) is 11.3 Å². The van der Waals surface area contributed by atoms with Crippen molar-refractivity contribution in [3.8, 4) is 10.6 Å². The predicted molar refractivity (Wildman–Crippen MR) is 110 cm³/mol. The number of benzene rings is 1. The maximum absolute atomic E-state index is 4.78. The van der Waals surface area contributed by atoms with Gasteiger partial charge < -0.3 is 9.88 Å². The van der Waals surface area contributed by atoms with Crippen molar-refractivity contribution in [2.75, 3.05) is 18.0 Å². The summed E-state index contributed by atoms with van der Waals surface area (Å²) in [6.45, 7) is 6.37. The number of fused-ring (bicyclic) bond motifs is 2. The largest absolute Gasteiger partial charge is 0.355 e. The molecule has 26 heavy (non-hydrogen) atoms. The SMILES string of the molecule is Cc1nc(N2CCCCC2)c2[nH]c(-c3sc4ccccc4c3C)cc2n1. The third-order valence-corrected chi connectivity index (χ3v) is 6.62. The first kappa shape index (κ1) is 15.8. The molecule has 0 radical (unpaired) electrons. The van der Waals surface area contributed by atoms with E-state index in [9.17, 15) is 0 Å². The molecule has 4 nitrogen and oxygen atoms in total. The van der Waals surface area contributed by atoms with Crippen LogP contribution in [0, 0.1) is 13.8 Å². The summed E-state index contributed by atoms with van der Waals surface area (Å²) in [7, 11) is 0. The number of thiophene rings is 1. The van der Waals surface area contributed by atoms with Crippen LogP contribution in [0.2, 0.25) is 0 Å². The minimum absolute atomic E-state index is 0.844. The van der Waals surface area contributed by atoms with Crippen LogP contribution in [-0.4, -0.2) is 28.0 Å². The first-order valence-electron chi connectivity index (χ1n) is 9.31. The normalized spacial score (nSPS) is 15.2. The van der Waals surface area contributed by atoms with E-state index in [2.05, 4.69) is 47.1 Å². The van der Waals surface area contributed by atoms with Gasteiger partial charge in [-0.25, -0.2) is 9.97 Å². The van der Waals surface area contributed by atoms with Crippen LogP contribution < -0.4 is 4.90 Å². The topological polar surface area (TPSA) is 44.8 Å². The van der Waals surface area contributed by atoms with E-state index < -0.39 is 0 Å². The minimum atomic E-state index is 0.844. The van der Waals surface area contributed by atoms with Gasteiger partial charge in [-0.3, -0.25) is 0 Å². The Morgan fingerprint density at radius 3 is 2.65 bits per heavy atom. The number of hydrogen-bond donors (Lipinski definition) is 1. The van der Waals surface area contributed by atoms with Crippen molar-refractivity contribution < 1.29 is 0 Å². The van der Waals surface area contributed by atoms with E-state index in [-0.39, 0.29) is 0 Å². The van der Waals surface area contributed by atoms with Gasteiger partial charge in [0, 0.05) is 17.8 Å². The number of nitrogens with zero attached hydrogens (tertiary/aromatic N) is 3. The molecule has 0 spiro atoms. The van der Waals surface area contributed by atoms with Gasteiger partial charge in [0.05, 0.1) is 16.1 Å². The average Bonchev–Trinajstić information content (AvgIpc) is 3.23. The van der Waals surface area contributed by atoms with E-state index >= 15 is 0 Å². The second-order valence-electron chi connectivity index (χ2n) is 7.14. The Balaban J connectivity index is 1.68. The van der Waals surface area contributed by atoms with Gasteiger partial charge in [0.25, 0.3) is 0 Å². The molecular formula is C21H22N4S. The molecule has 0 amide bonds. The van der Waals surface area contributed by atoms with Crippen molar-refractivity contribution in [3.05, 3.63) is 41.7 Å². The average molecular weight is 363 g/mol. The van der Waals surface area contributed by atoms with Crippen molar-refractivity contribution in [2.24, 2.45) is 0 Å². The fourth-order valence-electron chi connectivity index (χ4n) is 4.00. The lowest BCUT2D eigenvalue weighted by atomic mass is 10.1. The molecule has 0 unspecified atom stereocenters. The highest BCUT2D eigenvalue weighted by Crippen LogP contribution is 2.39. The number of nitrogens with one attached hydrogen (secondary N) is 1. The molecule has 1 saturated heterocycles. The van der Waals surface area contributed by atoms with Crippen LogP contribution in [0.1, 0.15) is 30.7 Å². The fraction of sp³-hybridized carbons (Fsp3) is 0.333. The van der Waals surface area contributed by atoms with E-state index in [1.807, 2.05) is 18.3 Å². The molecule has 5 heteroatoms. The first-order valence-corrected chi connectivity index (χ1v) is 10.1. The van der Waals surface area contributed by atoms with Crippen LogP contribution in [0.4, 0.5) is 5.82 Å². The molecule has 1 fully saturated rings. The molecule has 1 aromatic carbocycles. The molecule has 132 valence electrons. The van der Waals surface area contributed by atoms with Gasteiger partial charge in [-0.2, -0.15) is 0 Å². The van der Waals surface area contributed by atoms with Crippen LogP contribution in [0.5, 0.6) is 0 Å². The maximum Gasteiger partial charge on any atom is 0.156 e. The lowest BCUT2D eigenvalue weighted by Gasteiger charge is -2.28. The van der Waals surface area contributed by atoms with Gasteiger partial charge >= 0.3 is 0 Å². The molecule has 0 atom stereocenters. The summed E-state index contributed by atoms with van der Waals surface area (Å²) in [5.74, 6) is 1.91.